The van der Waals surface area contributed by atoms with Crippen LogP contribution < -0.4 is 4.90 Å². The summed E-state index contributed by atoms with van der Waals surface area (Å²) in [4.78, 5) is 20.0. The van der Waals surface area contributed by atoms with Crippen LogP contribution in [0.25, 0.3) is 0 Å². The molecule has 21 heavy (non-hydrogen) atoms. The van der Waals surface area contributed by atoms with E-state index in [-0.39, 0.29) is 12.1 Å². The largest absolute Gasteiger partial charge is 0.465 e. The molecule has 2 aliphatic heterocycles. The van der Waals surface area contributed by atoms with E-state index in [1.807, 2.05) is 0 Å². The first-order chi connectivity index (χ1) is 9.95. The first kappa shape index (κ1) is 14.2. The van der Waals surface area contributed by atoms with Gasteiger partial charge >= 0.3 is 6.09 Å². The zero-order valence-corrected chi connectivity index (χ0v) is 12.9. The van der Waals surface area contributed by atoms with Crippen molar-refractivity contribution in [2.45, 2.75) is 45.7 Å². The standard InChI is InChI=1S/C16H23N3O2/c1-10(2)6-13-5-4-12-7-14-9-18(16(20)21)8-11(3)19(14)15(12)17-13/h4-5,10-11,14H,6-9H2,1-3H3,(H,20,21)/t11-,14-/m1/s1. The van der Waals surface area contributed by atoms with E-state index in [4.69, 9.17) is 4.98 Å². The Morgan fingerprint density at radius 3 is 2.86 bits per heavy atom. The highest BCUT2D eigenvalue weighted by atomic mass is 16.4. The van der Waals surface area contributed by atoms with Gasteiger partial charge in [0.05, 0.1) is 6.04 Å². The number of carboxylic acid groups (broad SMARTS) is 1. The molecular weight excluding hydrogens is 266 g/mol. The Bertz CT molecular complexity index is 558. The number of pyridine rings is 1. The van der Waals surface area contributed by atoms with Crippen LogP contribution in [0.15, 0.2) is 12.1 Å². The fraction of sp³-hybridized carbons (Fsp3) is 0.625. The van der Waals surface area contributed by atoms with Crippen LogP contribution in [0.5, 0.6) is 0 Å². The minimum atomic E-state index is -0.814. The molecule has 1 aromatic heterocycles. The topological polar surface area (TPSA) is 56.7 Å². The molecule has 0 bridgehead atoms. The Labute approximate surface area is 125 Å². The molecule has 2 aliphatic rings. The van der Waals surface area contributed by atoms with Crippen molar-refractivity contribution < 1.29 is 9.90 Å². The first-order valence-electron chi connectivity index (χ1n) is 7.70. The van der Waals surface area contributed by atoms with Crippen molar-refractivity contribution in [1.29, 1.82) is 0 Å². The van der Waals surface area contributed by atoms with Crippen molar-refractivity contribution in [3.63, 3.8) is 0 Å². The molecule has 114 valence electrons. The normalized spacial score (nSPS) is 24.2. The molecule has 1 aromatic rings. The van der Waals surface area contributed by atoms with E-state index in [1.54, 1.807) is 0 Å². The van der Waals surface area contributed by atoms with Gasteiger partial charge in [0.1, 0.15) is 5.82 Å². The highest BCUT2D eigenvalue weighted by Crippen LogP contribution is 2.35. The molecule has 0 radical (unpaired) electrons. The second kappa shape index (κ2) is 5.20. The average molecular weight is 289 g/mol. The second-order valence-electron chi connectivity index (χ2n) is 6.69. The van der Waals surface area contributed by atoms with Gasteiger partial charge in [-0.15, -0.1) is 0 Å². The van der Waals surface area contributed by atoms with Crippen LogP contribution in [0.2, 0.25) is 0 Å². The van der Waals surface area contributed by atoms with Crippen LogP contribution in [0.3, 0.4) is 0 Å². The molecule has 0 aromatic carbocycles. The van der Waals surface area contributed by atoms with Gasteiger partial charge < -0.3 is 14.9 Å². The summed E-state index contributed by atoms with van der Waals surface area (Å²) >= 11 is 0. The number of rotatable bonds is 2. The van der Waals surface area contributed by atoms with Crippen molar-refractivity contribution in [2.24, 2.45) is 5.92 Å². The molecule has 5 nitrogen and oxygen atoms in total. The molecule has 0 unspecified atom stereocenters. The number of carbonyl (C=O) groups is 1. The summed E-state index contributed by atoms with van der Waals surface area (Å²) in [6.07, 6.45) is 1.07. The number of fused-ring (bicyclic) bond motifs is 3. The van der Waals surface area contributed by atoms with E-state index >= 15 is 0 Å². The monoisotopic (exact) mass is 289 g/mol. The van der Waals surface area contributed by atoms with E-state index in [0.29, 0.717) is 19.0 Å². The minimum Gasteiger partial charge on any atom is -0.465 e. The average Bonchev–Trinajstić information content (AvgIpc) is 2.75. The Morgan fingerprint density at radius 1 is 1.43 bits per heavy atom. The Balaban J connectivity index is 1.87. The molecule has 0 spiro atoms. The van der Waals surface area contributed by atoms with E-state index in [2.05, 4.69) is 37.8 Å². The van der Waals surface area contributed by atoms with Gasteiger partial charge in [-0.1, -0.05) is 19.9 Å². The van der Waals surface area contributed by atoms with Gasteiger partial charge in [-0.3, -0.25) is 0 Å². The van der Waals surface area contributed by atoms with E-state index < -0.39 is 6.09 Å². The third-order valence-corrected chi connectivity index (χ3v) is 4.39. The zero-order chi connectivity index (χ0) is 15.1. The third-order valence-electron chi connectivity index (χ3n) is 4.39. The summed E-state index contributed by atoms with van der Waals surface area (Å²) in [5, 5.41) is 9.23. The predicted octanol–water partition coefficient (Wildman–Crippen LogP) is 2.39. The number of nitrogens with zero attached hydrogens (tertiary/aromatic N) is 3. The molecule has 1 saturated heterocycles. The maximum absolute atomic E-state index is 11.2. The van der Waals surface area contributed by atoms with Crippen LogP contribution in [-0.4, -0.2) is 46.3 Å². The van der Waals surface area contributed by atoms with E-state index in [1.165, 1.54) is 10.5 Å². The molecule has 0 aliphatic carbocycles. The molecule has 1 N–H and O–H groups in total. The summed E-state index contributed by atoms with van der Waals surface area (Å²) < 4.78 is 0. The summed E-state index contributed by atoms with van der Waals surface area (Å²) in [7, 11) is 0. The summed E-state index contributed by atoms with van der Waals surface area (Å²) in [5.74, 6) is 1.67. The number of hydrogen-bond donors (Lipinski definition) is 1. The van der Waals surface area contributed by atoms with Gasteiger partial charge in [0.2, 0.25) is 0 Å². The lowest BCUT2D eigenvalue weighted by molar-refractivity contribution is 0.128. The maximum Gasteiger partial charge on any atom is 0.407 e. The summed E-state index contributed by atoms with van der Waals surface area (Å²) in [5.41, 5.74) is 2.39. The van der Waals surface area contributed by atoms with Gasteiger partial charge in [0, 0.05) is 24.8 Å². The van der Waals surface area contributed by atoms with E-state index in [0.717, 1.165) is 24.4 Å². The van der Waals surface area contributed by atoms with Gasteiger partial charge in [-0.2, -0.15) is 0 Å². The molecule has 3 rings (SSSR count). The van der Waals surface area contributed by atoms with Crippen molar-refractivity contribution in [2.75, 3.05) is 18.0 Å². The molecule has 1 amide bonds. The lowest BCUT2D eigenvalue weighted by atomic mass is 10.1. The van der Waals surface area contributed by atoms with Gasteiger partial charge in [-0.25, -0.2) is 9.78 Å². The molecule has 3 heterocycles. The molecule has 1 fully saturated rings. The lowest BCUT2D eigenvalue weighted by Gasteiger charge is -2.42. The number of piperazine rings is 1. The lowest BCUT2D eigenvalue weighted by Crippen LogP contribution is -2.58. The first-order valence-corrected chi connectivity index (χ1v) is 7.70. The molecular formula is C16H23N3O2. The number of amides is 1. The Kier molecular flexibility index (Phi) is 3.51. The van der Waals surface area contributed by atoms with Crippen molar-refractivity contribution in [1.82, 2.24) is 9.88 Å². The van der Waals surface area contributed by atoms with Gasteiger partial charge in [0.25, 0.3) is 0 Å². The number of aromatic nitrogens is 1. The van der Waals surface area contributed by atoms with Crippen LogP contribution in [0.4, 0.5) is 10.6 Å². The molecule has 2 atom stereocenters. The van der Waals surface area contributed by atoms with Crippen LogP contribution in [-0.2, 0) is 12.8 Å². The van der Waals surface area contributed by atoms with Gasteiger partial charge in [0.15, 0.2) is 0 Å². The second-order valence-corrected chi connectivity index (χ2v) is 6.69. The van der Waals surface area contributed by atoms with Crippen LogP contribution >= 0.6 is 0 Å². The van der Waals surface area contributed by atoms with Crippen molar-refractivity contribution in [3.8, 4) is 0 Å². The number of anilines is 1. The quantitative estimate of drug-likeness (QED) is 0.908. The summed E-state index contributed by atoms with van der Waals surface area (Å²) in [6.45, 7) is 7.63. The van der Waals surface area contributed by atoms with Gasteiger partial charge in [-0.05, 0) is 37.3 Å². The predicted molar refractivity (Wildman–Crippen MR) is 81.8 cm³/mol. The summed E-state index contributed by atoms with van der Waals surface area (Å²) in [6, 6.07) is 4.72. The molecule has 5 heteroatoms. The highest BCUT2D eigenvalue weighted by Gasteiger charge is 2.40. The minimum absolute atomic E-state index is 0.183. The highest BCUT2D eigenvalue weighted by molar-refractivity contribution is 5.67. The maximum atomic E-state index is 11.2. The molecule has 0 saturated carbocycles. The van der Waals surface area contributed by atoms with Crippen LogP contribution in [0, 0.1) is 5.92 Å². The van der Waals surface area contributed by atoms with Crippen LogP contribution in [0.1, 0.15) is 32.0 Å². The zero-order valence-electron chi connectivity index (χ0n) is 12.9. The fourth-order valence-corrected chi connectivity index (χ4v) is 3.57. The van der Waals surface area contributed by atoms with E-state index in [9.17, 15) is 9.90 Å². The fourth-order valence-electron chi connectivity index (χ4n) is 3.57. The number of hydrogen-bond acceptors (Lipinski definition) is 3. The SMILES string of the molecule is CC(C)Cc1ccc2c(n1)N1[C@H](C2)CN(C(=O)O)C[C@H]1C. The smallest absolute Gasteiger partial charge is 0.407 e. The van der Waals surface area contributed by atoms with Crippen molar-refractivity contribution >= 4 is 11.9 Å². The Morgan fingerprint density at radius 2 is 2.19 bits per heavy atom. The Hall–Kier alpha value is -1.78. The third kappa shape index (κ3) is 2.57. The van der Waals surface area contributed by atoms with Crippen molar-refractivity contribution in [3.05, 3.63) is 23.4 Å².